The third-order valence-corrected chi connectivity index (χ3v) is 2.28. The first-order valence-electron chi connectivity index (χ1n) is 5.41. The summed E-state index contributed by atoms with van der Waals surface area (Å²) in [5.74, 6) is -5.41. The Morgan fingerprint density at radius 2 is 1.75 bits per heavy atom. The lowest BCUT2D eigenvalue weighted by atomic mass is 10.2. The van der Waals surface area contributed by atoms with Gasteiger partial charge in [0.05, 0.1) is 5.69 Å². The van der Waals surface area contributed by atoms with Gasteiger partial charge < -0.3 is 20.8 Å². The van der Waals surface area contributed by atoms with Gasteiger partial charge in [0, 0.05) is 25.2 Å². The molecular formula is C11H11F3N2O4. The van der Waals surface area contributed by atoms with E-state index >= 15 is 0 Å². The van der Waals surface area contributed by atoms with Crippen LogP contribution in [0.25, 0.3) is 0 Å². The van der Waals surface area contributed by atoms with Crippen LogP contribution in [-0.2, 0) is 4.79 Å². The van der Waals surface area contributed by atoms with E-state index in [2.05, 4.69) is 0 Å². The first kappa shape index (κ1) is 15.8. The molecule has 0 aliphatic carbocycles. The van der Waals surface area contributed by atoms with Crippen molar-refractivity contribution in [3.05, 3.63) is 29.6 Å². The molecule has 0 unspecified atom stereocenters. The molecule has 0 radical (unpaired) electrons. The topological polar surface area (TPSA) is 98.7 Å². The average molecular weight is 292 g/mol. The van der Waals surface area contributed by atoms with Gasteiger partial charge in [-0.25, -0.2) is 22.8 Å². The maximum Gasteiger partial charge on any atom is 0.326 e. The zero-order valence-electron chi connectivity index (χ0n) is 9.99. The standard InChI is InChI=1S/C11H11F3N2O4/c12-5-3-7(14)9(4-6(5)13)16-11(20)15-8(1-2-17)10(18)19/h3-4,8,17H,1-2H2,(H,18,19)(H2,15,16,20)/t8-/m0/s1. The Morgan fingerprint density at radius 3 is 2.30 bits per heavy atom. The number of aliphatic carboxylic acids is 1. The highest BCUT2D eigenvalue weighted by Gasteiger charge is 2.20. The highest BCUT2D eigenvalue weighted by molar-refractivity contribution is 5.92. The quantitative estimate of drug-likeness (QED) is 0.610. The smallest absolute Gasteiger partial charge is 0.326 e. The SMILES string of the molecule is O=C(Nc1cc(F)c(F)cc1F)N[C@@H](CCO)C(=O)O. The predicted molar refractivity (Wildman–Crippen MR) is 61.6 cm³/mol. The van der Waals surface area contributed by atoms with Gasteiger partial charge in [-0.05, 0) is 0 Å². The molecule has 0 spiro atoms. The van der Waals surface area contributed by atoms with E-state index in [-0.39, 0.29) is 12.5 Å². The number of aliphatic hydroxyl groups is 1. The summed E-state index contributed by atoms with van der Waals surface area (Å²) in [6, 6.07) is -1.86. The van der Waals surface area contributed by atoms with Crippen LogP contribution in [0.3, 0.4) is 0 Å². The Labute approximate surface area is 111 Å². The summed E-state index contributed by atoms with van der Waals surface area (Å²) in [6.45, 7) is -0.489. The summed E-state index contributed by atoms with van der Waals surface area (Å²) in [4.78, 5) is 22.1. The third kappa shape index (κ3) is 4.12. The second-order valence-electron chi connectivity index (χ2n) is 3.75. The lowest BCUT2D eigenvalue weighted by molar-refractivity contribution is -0.139. The van der Waals surface area contributed by atoms with Crippen molar-refractivity contribution in [1.29, 1.82) is 0 Å². The van der Waals surface area contributed by atoms with E-state index < -0.39 is 47.8 Å². The number of urea groups is 1. The fourth-order valence-electron chi connectivity index (χ4n) is 1.32. The molecule has 0 aliphatic heterocycles. The van der Waals surface area contributed by atoms with Gasteiger partial charge in [-0.15, -0.1) is 0 Å². The molecule has 9 heteroatoms. The molecule has 1 atom stereocenters. The molecule has 0 bridgehead atoms. The molecule has 1 rings (SSSR count). The van der Waals surface area contributed by atoms with Crippen LogP contribution in [0.1, 0.15) is 6.42 Å². The minimum Gasteiger partial charge on any atom is -0.480 e. The van der Waals surface area contributed by atoms with E-state index in [1.54, 1.807) is 0 Å². The van der Waals surface area contributed by atoms with Crippen molar-refractivity contribution in [2.24, 2.45) is 0 Å². The Balaban J connectivity index is 2.75. The van der Waals surface area contributed by atoms with Gasteiger partial charge >= 0.3 is 12.0 Å². The van der Waals surface area contributed by atoms with Crippen molar-refractivity contribution < 1.29 is 33.0 Å². The van der Waals surface area contributed by atoms with Crippen LogP contribution in [0.4, 0.5) is 23.7 Å². The molecule has 0 aromatic heterocycles. The number of nitrogens with one attached hydrogen (secondary N) is 2. The maximum atomic E-state index is 13.2. The number of halogens is 3. The number of aliphatic hydroxyl groups excluding tert-OH is 1. The van der Waals surface area contributed by atoms with Crippen LogP contribution in [0.5, 0.6) is 0 Å². The molecular weight excluding hydrogens is 281 g/mol. The van der Waals surface area contributed by atoms with Crippen molar-refractivity contribution in [2.75, 3.05) is 11.9 Å². The van der Waals surface area contributed by atoms with Crippen molar-refractivity contribution in [2.45, 2.75) is 12.5 Å². The van der Waals surface area contributed by atoms with Crippen LogP contribution in [0.2, 0.25) is 0 Å². The highest BCUT2D eigenvalue weighted by Crippen LogP contribution is 2.18. The first-order valence-corrected chi connectivity index (χ1v) is 5.41. The highest BCUT2D eigenvalue weighted by atomic mass is 19.2. The van der Waals surface area contributed by atoms with Crippen LogP contribution in [0.15, 0.2) is 12.1 Å². The van der Waals surface area contributed by atoms with Gasteiger partial charge in [0.1, 0.15) is 11.9 Å². The van der Waals surface area contributed by atoms with Crippen molar-refractivity contribution in [3.63, 3.8) is 0 Å². The number of hydrogen-bond donors (Lipinski definition) is 4. The van der Waals surface area contributed by atoms with Gasteiger partial charge in [-0.1, -0.05) is 0 Å². The summed E-state index contributed by atoms with van der Waals surface area (Å²) in [5.41, 5.74) is -0.644. The number of carboxylic acid groups (broad SMARTS) is 1. The van der Waals surface area contributed by atoms with Gasteiger partial charge in [0.25, 0.3) is 0 Å². The minimum atomic E-state index is -1.42. The summed E-state index contributed by atoms with van der Waals surface area (Å²) >= 11 is 0. The molecule has 110 valence electrons. The molecule has 20 heavy (non-hydrogen) atoms. The zero-order valence-corrected chi connectivity index (χ0v) is 9.99. The molecule has 0 fully saturated rings. The fraction of sp³-hybridized carbons (Fsp3) is 0.273. The number of hydrogen-bond acceptors (Lipinski definition) is 3. The Hall–Kier alpha value is -2.29. The summed E-state index contributed by atoms with van der Waals surface area (Å²) in [5, 5.41) is 21.1. The van der Waals surface area contributed by atoms with Crippen LogP contribution < -0.4 is 10.6 Å². The first-order chi connectivity index (χ1) is 9.35. The fourth-order valence-corrected chi connectivity index (χ4v) is 1.32. The van der Waals surface area contributed by atoms with E-state index in [0.717, 1.165) is 0 Å². The molecule has 0 saturated carbocycles. The number of carboxylic acids is 1. The molecule has 1 aromatic rings. The second-order valence-corrected chi connectivity index (χ2v) is 3.75. The van der Waals surface area contributed by atoms with Crippen LogP contribution >= 0.6 is 0 Å². The third-order valence-electron chi connectivity index (χ3n) is 2.28. The molecule has 4 N–H and O–H groups in total. The van der Waals surface area contributed by atoms with Crippen molar-refractivity contribution in [3.8, 4) is 0 Å². The molecule has 0 heterocycles. The Kier molecular flexibility index (Phi) is 5.32. The number of carbonyl (C=O) groups is 2. The van der Waals surface area contributed by atoms with Crippen molar-refractivity contribution in [1.82, 2.24) is 5.32 Å². The molecule has 1 aromatic carbocycles. The lowest BCUT2D eigenvalue weighted by Crippen LogP contribution is -2.43. The average Bonchev–Trinajstić information content (AvgIpc) is 2.35. The number of carbonyl (C=O) groups excluding carboxylic acids is 1. The van der Waals surface area contributed by atoms with E-state index in [4.69, 9.17) is 10.2 Å². The lowest BCUT2D eigenvalue weighted by Gasteiger charge is -2.14. The van der Waals surface area contributed by atoms with Crippen molar-refractivity contribution >= 4 is 17.7 Å². The van der Waals surface area contributed by atoms with E-state index in [1.165, 1.54) is 0 Å². The number of benzene rings is 1. The van der Waals surface area contributed by atoms with Gasteiger partial charge in [-0.3, -0.25) is 0 Å². The van der Waals surface area contributed by atoms with E-state index in [9.17, 15) is 22.8 Å². The van der Waals surface area contributed by atoms with E-state index in [0.29, 0.717) is 6.07 Å². The van der Waals surface area contributed by atoms with Crippen LogP contribution in [0, 0.1) is 17.5 Å². The Bertz CT molecular complexity index is 525. The zero-order chi connectivity index (χ0) is 15.3. The van der Waals surface area contributed by atoms with Gasteiger partial charge in [0.2, 0.25) is 0 Å². The maximum absolute atomic E-state index is 13.2. The largest absolute Gasteiger partial charge is 0.480 e. The monoisotopic (exact) mass is 292 g/mol. The summed E-state index contributed by atoms with van der Waals surface area (Å²) < 4.78 is 38.8. The van der Waals surface area contributed by atoms with E-state index in [1.807, 2.05) is 10.6 Å². The predicted octanol–water partition coefficient (Wildman–Crippen LogP) is 1.06. The molecule has 2 amide bonds. The van der Waals surface area contributed by atoms with Crippen LogP contribution in [-0.4, -0.2) is 34.9 Å². The molecule has 0 saturated heterocycles. The minimum absolute atomic E-state index is 0.243. The summed E-state index contributed by atoms with van der Waals surface area (Å²) in [7, 11) is 0. The number of anilines is 1. The van der Waals surface area contributed by atoms with Gasteiger partial charge in [0.15, 0.2) is 11.6 Å². The second kappa shape index (κ2) is 6.75. The summed E-state index contributed by atoms with van der Waals surface area (Å²) in [6.07, 6.45) is -0.261. The molecule has 0 aliphatic rings. The normalized spacial score (nSPS) is 11.8. The molecule has 6 nitrogen and oxygen atoms in total. The Morgan fingerprint density at radius 1 is 1.15 bits per heavy atom. The number of amides is 2. The van der Waals surface area contributed by atoms with Gasteiger partial charge in [-0.2, -0.15) is 0 Å². The number of rotatable bonds is 5.